The molecule has 0 saturated carbocycles. The maximum absolute atomic E-state index is 2.59. The molecule has 0 amide bonds. The van der Waals surface area contributed by atoms with E-state index in [0.717, 1.165) is 57.8 Å². The zero-order chi connectivity index (χ0) is 41.3. The fourth-order valence-electron chi connectivity index (χ4n) is 11.6. The van der Waals surface area contributed by atoms with Gasteiger partial charge in [0.1, 0.15) is 0 Å². The Balaban J connectivity index is 1.20. The molecule has 1 unspecified atom stereocenters. The van der Waals surface area contributed by atoms with Crippen LogP contribution in [0.5, 0.6) is 0 Å². The number of hydrogen-bond acceptors (Lipinski definition) is 2. The summed E-state index contributed by atoms with van der Waals surface area (Å²) in [5, 5.41) is 7.80. The number of aryl methyl sites for hydroxylation is 2. The molecule has 2 aliphatic heterocycles. The summed E-state index contributed by atoms with van der Waals surface area (Å²) in [6.45, 7) is 4.66. The molecule has 7 aromatic rings. The zero-order valence-electron chi connectivity index (χ0n) is 35.9. The Labute approximate surface area is 366 Å². The number of fused-ring (bicyclic) bond motifs is 5. The Morgan fingerprint density at radius 2 is 1.06 bits per heavy atom. The van der Waals surface area contributed by atoms with Crippen molar-refractivity contribution in [2.45, 2.75) is 71.6 Å². The van der Waals surface area contributed by atoms with Crippen molar-refractivity contribution in [3.05, 3.63) is 209 Å². The third-order valence-electron chi connectivity index (χ3n) is 14.3. The molecule has 0 saturated heterocycles. The fraction of sp³-hybridized carbons (Fsp3) is 0.200. The van der Waals surface area contributed by atoms with Gasteiger partial charge < -0.3 is 9.80 Å². The summed E-state index contributed by atoms with van der Waals surface area (Å²) in [7, 11) is 0. The molecule has 2 heteroatoms. The summed E-state index contributed by atoms with van der Waals surface area (Å²) in [6, 6.07) is 49.0. The van der Waals surface area contributed by atoms with Gasteiger partial charge in [0.05, 0.1) is 0 Å². The number of para-hydroxylation sites is 2. The largest absolute Gasteiger partial charge is 0.310 e. The average Bonchev–Trinajstić information content (AvgIpc) is 3.58. The Bertz CT molecular complexity index is 3190. The molecule has 0 spiro atoms. The third-order valence-corrected chi connectivity index (χ3v) is 14.3. The molecule has 2 nitrogen and oxygen atoms in total. The number of nitrogens with zero attached hydrogens (tertiary/aromatic N) is 2. The van der Waals surface area contributed by atoms with E-state index >= 15 is 0 Å². The van der Waals surface area contributed by atoms with Gasteiger partial charge in [-0.3, -0.25) is 0 Å². The van der Waals surface area contributed by atoms with Crippen LogP contribution in [0.15, 0.2) is 192 Å². The van der Waals surface area contributed by atoms with Gasteiger partial charge in [0, 0.05) is 34.1 Å². The second-order valence-electron chi connectivity index (χ2n) is 18.3. The van der Waals surface area contributed by atoms with Crippen molar-refractivity contribution in [2.24, 2.45) is 5.92 Å². The minimum Gasteiger partial charge on any atom is -0.310 e. The van der Waals surface area contributed by atoms with Crippen LogP contribution in [0.3, 0.4) is 0 Å². The van der Waals surface area contributed by atoms with E-state index in [4.69, 9.17) is 0 Å². The highest BCUT2D eigenvalue weighted by Crippen LogP contribution is 2.51. The molecule has 7 aromatic carbocycles. The van der Waals surface area contributed by atoms with Crippen molar-refractivity contribution in [3.63, 3.8) is 0 Å². The highest BCUT2D eigenvalue weighted by molar-refractivity contribution is 6.22. The van der Waals surface area contributed by atoms with E-state index < -0.39 is 0 Å². The lowest BCUT2D eigenvalue weighted by Gasteiger charge is -2.31. The third kappa shape index (κ3) is 6.14. The number of hydrogen-bond donors (Lipinski definition) is 0. The standard InChI is InChI=1S/C60H52N2/c1-39-34-40(2)36-46(35-39)59-51-32-30-48(62-57-24-11-6-17-44(57)28-29-45-18-7-12-25-58(45)62)38-54(51)60(50-21-13-19-41-14-3-8-20-49(41)50)52-33-31-47(37-53(52)59)61-55-22-9-4-15-42(55)26-27-43-16-5-10-23-56(43)61/h3-4,6,8-15,17,19-25,30-35,37-38,40H,5,7,16,18,26-29,36H2,1-2H3. The first-order chi connectivity index (χ1) is 30.6. The van der Waals surface area contributed by atoms with Crippen LogP contribution in [0.2, 0.25) is 0 Å². The van der Waals surface area contributed by atoms with Crippen molar-refractivity contribution in [1.29, 1.82) is 0 Å². The predicted octanol–water partition coefficient (Wildman–Crippen LogP) is 16.6. The molecule has 0 radical (unpaired) electrons. The normalized spacial score (nSPS) is 18.6. The van der Waals surface area contributed by atoms with Crippen LogP contribution < -0.4 is 9.80 Å². The van der Waals surface area contributed by atoms with Crippen LogP contribution in [0.1, 0.15) is 75.5 Å². The lowest BCUT2D eigenvalue weighted by atomic mass is 9.80. The molecule has 0 fully saturated rings. The van der Waals surface area contributed by atoms with E-state index in [9.17, 15) is 0 Å². The van der Waals surface area contributed by atoms with Gasteiger partial charge in [-0.15, -0.1) is 0 Å². The lowest BCUT2D eigenvalue weighted by Crippen LogP contribution is -2.18. The van der Waals surface area contributed by atoms with Gasteiger partial charge in [-0.25, -0.2) is 0 Å². The second-order valence-corrected chi connectivity index (χ2v) is 18.3. The molecule has 62 heavy (non-hydrogen) atoms. The van der Waals surface area contributed by atoms with E-state index in [2.05, 4.69) is 187 Å². The highest BCUT2D eigenvalue weighted by atomic mass is 15.2. The van der Waals surface area contributed by atoms with Crippen LogP contribution in [0, 0.1) is 5.92 Å². The van der Waals surface area contributed by atoms with Crippen LogP contribution in [-0.4, -0.2) is 0 Å². The first-order valence-corrected chi connectivity index (χ1v) is 23.0. The summed E-state index contributed by atoms with van der Waals surface area (Å²) in [5.41, 5.74) is 20.5. The molecule has 12 rings (SSSR count). The SMILES string of the molecule is CC1=CC(C)CC(c2c3cc(N4C5=C(CCC=C5)CCc5ccccc54)ccc3c(-c3cccc4ccccc34)c3cc(N4C5=C(CCC=C5)CCc5ccccc54)ccc23)=C1. The Morgan fingerprint density at radius 1 is 0.500 bits per heavy atom. The van der Waals surface area contributed by atoms with Gasteiger partial charge in [-0.2, -0.15) is 0 Å². The van der Waals surface area contributed by atoms with Crippen molar-refractivity contribution < 1.29 is 0 Å². The van der Waals surface area contributed by atoms with Crippen molar-refractivity contribution in [3.8, 4) is 11.1 Å². The van der Waals surface area contributed by atoms with E-state index in [0.29, 0.717) is 5.92 Å². The Hall–Kier alpha value is -6.64. The minimum atomic E-state index is 0.454. The molecule has 3 aliphatic carbocycles. The molecular formula is C60H52N2. The molecule has 302 valence electrons. The van der Waals surface area contributed by atoms with Gasteiger partial charge in [0.2, 0.25) is 0 Å². The molecule has 5 aliphatic rings. The number of allylic oxidation sites excluding steroid dienone is 10. The lowest BCUT2D eigenvalue weighted by molar-refractivity contribution is 0.742. The predicted molar refractivity (Wildman–Crippen MR) is 265 cm³/mol. The average molecular weight is 801 g/mol. The monoisotopic (exact) mass is 800 g/mol. The first-order valence-electron chi connectivity index (χ1n) is 23.0. The molecule has 1 atom stereocenters. The highest BCUT2D eigenvalue weighted by Gasteiger charge is 2.29. The summed E-state index contributed by atoms with van der Waals surface area (Å²) < 4.78 is 0. The molecule has 0 bridgehead atoms. The second kappa shape index (κ2) is 15.1. The Kier molecular flexibility index (Phi) is 9.03. The molecule has 0 N–H and O–H groups in total. The summed E-state index contributed by atoms with van der Waals surface area (Å²) in [4.78, 5) is 5.17. The van der Waals surface area contributed by atoms with Gasteiger partial charge in [0.15, 0.2) is 0 Å². The van der Waals surface area contributed by atoms with Crippen LogP contribution in [0.4, 0.5) is 22.7 Å². The van der Waals surface area contributed by atoms with Crippen molar-refractivity contribution >= 4 is 60.6 Å². The molecular weight excluding hydrogens is 749 g/mol. The van der Waals surface area contributed by atoms with Crippen LogP contribution in [0.25, 0.3) is 49.0 Å². The van der Waals surface area contributed by atoms with E-state index in [1.165, 1.54) is 105 Å². The Morgan fingerprint density at radius 3 is 1.71 bits per heavy atom. The van der Waals surface area contributed by atoms with Crippen LogP contribution in [-0.2, 0) is 12.8 Å². The fourth-order valence-corrected chi connectivity index (χ4v) is 11.6. The zero-order valence-corrected chi connectivity index (χ0v) is 35.9. The quantitative estimate of drug-likeness (QED) is 0.164. The topological polar surface area (TPSA) is 6.48 Å². The summed E-state index contributed by atoms with van der Waals surface area (Å²) >= 11 is 0. The summed E-state index contributed by atoms with van der Waals surface area (Å²) in [6.07, 6.45) is 24.3. The number of rotatable bonds is 4. The minimum absolute atomic E-state index is 0.454. The van der Waals surface area contributed by atoms with Crippen molar-refractivity contribution in [1.82, 2.24) is 0 Å². The smallest absolute Gasteiger partial charge is 0.0493 e. The van der Waals surface area contributed by atoms with Gasteiger partial charge >= 0.3 is 0 Å². The molecule has 2 heterocycles. The summed E-state index contributed by atoms with van der Waals surface area (Å²) in [5.74, 6) is 0.454. The van der Waals surface area contributed by atoms with Crippen LogP contribution >= 0.6 is 0 Å². The van der Waals surface area contributed by atoms with E-state index in [-0.39, 0.29) is 0 Å². The van der Waals surface area contributed by atoms with Crippen molar-refractivity contribution in [2.75, 3.05) is 9.80 Å². The van der Waals surface area contributed by atoms with Gasteiger partial charge in [0.25, 0.3) is 0 Å². The number of benzene rings is 7. The van der Waals surface area contributed by atoms with Gasteiger partial charge in [-0.1, -0.05) is 128 Å². The maximum Gasteiger partial charge on any atom is 0.0493 e. The first kappa shape index (κ1) is 37.1. The van der Waals surface area contributed by atoms with E-state index in [1.807, 2.05) is 0 Å². The van der Waals surface area contributed by atoms with E-state index in [1.54, 1.807) is 11.1 Å². The molecule has 0 aromatic heterocycles. The van der Waals surface area contributed by atoms with Gasteiger partial charge in [-0.05, 0) is 196 Å². The number of anilines is 4. The maximum atomic E-state index is 2.59.